The molecule has 2 rings (SSSR count). The average molecular weight is 219 g/mol. The first kappa shape index (κ1) is 11.4. The summed E-state index contributed by atoms with van der Waals surface area (Å²) in [5, 5.41) is 0. The molecule has 0 saturated heterocycles. The Hall–Kier alpha value is -1.06. The van der Waals surface area contributed by atoms with Gasteiger partial charge in [0.1, 0.15) is 0 Å². The number of nitrogens with zero attached hydrogens (tertiary/aromatic N) is 2. The molecular formula is C13H21N3. The van der Waals surface area contributed by atoms with Crippen molar-refractivity contribution in [1.82, 2.24) is 4.90 Å². The summed E-state index contributed by atoms with van der Waals surface area (Å²) in [7, 11) is 4.28. The van der Waals surface area contributed by atoms with Crippen LogP contribution in [0.15, 0.2) is 18.2 Å². The fourth-order valence-electron chi connectivity index (χ4n) is 2.33. The van der Waals surface area contributed by atoms with Crippen molar-refractivity contribution >= 4 is 5.69 Å². The maximum atomic E-state index is 5.54. The number of hydrogen-bond donors (Lipinski definition) is 1. The maximum absolute atomic E-state index is 5.54. The van der Waals surface area contributed by atoms with Gasteiger partial charge in [-0.05, 0) is 30.7 Å². The molecule has 0 fully saturated rings. The normalized spacial score (nSPS) is 14.6. The molecule has 0 atom stereocenters. The molecule has 0 saturated carbocycles. The lowest BCUT2D eigenvalue weighted by Crippen LogP contribution is -2.24. The van der Waals surface area contributed by atoms with E-state index >= 15 is 0 Å². The van der Waals surface area contributed by atoms with Crippen LogP contribution in [0.2, 0.25) is 0 Å². The van der Waals surface area contributed by atoms with E-state index in [1.807, 2.05) is 0 Å². The van der Waals surface area contributed by atoms with E-state index in [4.69, 9.17) is 5.73 Å². The molecule has 1 aliphatic heterocycles. The molecule has 3 heteroatoms. The van der Waals surface area contributed by atoms with Crippen molar-refractivity contribution < 1.29 is 0 Å². The first-order valence-electron chi connectivity index (χ1n) is 5.92. The lowest BCUT2D eigenvalue weighted by Gasteiger charge is -2.17. The number of likely N-dealkylation sites (N-methyl/N-ethyl adjacent to an activating group) is 2. The Balaban J connectivity index is 2.07. The zero-order valence-corrected chi connectivity index (χ0v) is 10.2. The van der Waals surface area contributed by atoms with Crippen molar-refractivity contribution in [2.45, 2.75) is 13.0 Å². The van der Waals surface area contributed by atoms with E-state index in [9.17, 15) is 0 Å². The summed E-state index contributed by atoms with van der Waals surface area (Å²) in [6.07, 6.45) is 1.18. The van der Waals surface area contributed by atoms with Gasteiger partial charge >= 0.3 is 0 Å². The highest BCUT2D eigenvalue weighted by molar-refractivity contribution is 5.58. The van der Waals surface area contributed by atoms with Crippen LogP contribution in [-0.4, -0.2) is 38.6 Å². The van der Waals surface area contributed by atoms with E-state index in [2.05, 4.69) is 42.1 Å². The SMILES string of the molecule is CN(CCN)Cc1ccc2c(c1)CCN2C. The van der Waals surface area contributed by atoms with Crippen LogP contribution in [-0.2, 0) is 13.0 Å². The van der Waals surface area contributed by atoms with Crippen LogP contribution < -0.4 is 10.6 Å². The monoisotopic (exact) mass is 219 g/mol. The summed E-state index contributed by atoms with van der Waals surface area (Å²) in [5.74, 6) is 0. The van der Waals surface area contributed by atoms with Crippen LogP contribution in [0.4, 0.5) is 5.69 Å². The Labute approximate surface area is 97.8 Å². The van der Waals surface area contributed by atoms with Crippen molar-refractivity contribution in [3.05, 3.63) is 29.3 Å². The van der Waals surface area contributed by atoms with Crippen molar-refractivity contribution in [2.75, 3.05) is 38.6 Å². The molecule has 1 heterocycles. The molecule has 0 bridgehead atoms. The van der Waals surface area contributed by atoms with Gasteiger partial charge in [0.05, 0.1) is 0 Å². The third kappa shape index (κ3) is 2.36. The largest absolute Gasteiger partial charge is 0.374 e. The molecule has 2 N–H and O–H groups in total. The minimum atomic E-state index is 0.726. The van der Waals surface area contributed by atoms with Gasteiger partial charge in [-0.1, -0.05) is 12.1 Å². The van der Waals surface area contributed by atoms with Crippen molar-refractivity contribution in [3.63, 3.8) is 0 Å². The number of hydrogen-bond acceptors (Lipinski definition) is 3. The van der Waals surface area contributed by atoms with Crippen molar-refractivity contribution in [3.8, 4) is 0 Å². The van der Waals surface area contributed by atoms with E-state index in [1.165, 1.54) is 23.2 Å². The minimum absolute atomic E-state index is 0.726. The van der Waals surface area contributed by atoms with E-state index in [1.54, 1.807) is 0 Å². The van der Waals surface area contributed by atoms with Gasteiger partial charge in [0, 0.05) is 38.9 Å². The second-order valence-electron chi connectivity index (χ2n) is 4.66. The lowest BCUT2D eigenvalue weighted by atomic mass is 10.1. The van der Waals surface area contributed by atoms with E-state index in [0.717, 1.165) is 26.2 Å². The van der Waals surface area contributed by atoms with Gasteiger partial charge in [0.2, 0.25) is 0 Å². The summed E-state index contributed by atoms with van der Waals surface area (Å²) in [4.78, 5) is 4.59. The molecule has 0 aromatic heterocycles. The predicted octanol–water partition coefficient (Wildman–Crippen LogP) is 1.07. The Morgan fingerprint density at radius 1 is 1.44 bits per heavy atom. The van der Waals surface area contributed by atoms with Gasteiger partial charge in [-0.15, -0.1) is 0 Å². The molecule has 0 amide bonds. The number of anilines is 1. The van der Waals surface area contributed by atoms with Crippen LogP contribution in [0.1, 0.15) is 11.1 Å². The van der Waals surface area contributed by atoms with E-state index < -0.39 is 0 Å². The van der Waals surface area contributed by atoms with Gasteiger partial charge in [-0.2, -0.15) is 0 Å². The molecule has 0 radical (unpaired) electrons. The van der Waals surface area contributed by atoms with Gasteiger partial charge < -0.3 is 15.5 Å². The topological polar surface area (TPSA) is 32.5 Å². The van der Waals surface area contributed by atoms with Gasteiger partial charge in [-0.25, -0.2) is 0 Å². The molecular weight excluding hydrogens is 198 g/mol. The van der Waals surface area contributed by atoms with Crippen LogP contribution in [0.25, 0.3) is 0 Å². The number of rotatable bonds is 4. The first-order valence-corrected chi connectivity index (χ1v) is 5.92. The molecule has 3 nitrogen and oxygen atoms in total. The fourth-order valence-corrected chi connectivity index (χ4v) is 2.33. The molecule has 0 unspecified atom stereocenters. The van der Waals surface area contributed by atoms with Crippen LogP contribution in [0.5, 0.6) is 0 Å². The summed E-state index contributed by atoms with van der Waals surface area (Å²) < 4.78 is 0. The Morgan fingerprint density at radius 3 is 3.00 bits per heavy atom. The number of nitrogens with two attached hydrogens (primary N) is 1. The second-order valence-corrected chi connectivity index (χ2v) is 4.66. The summed E-state index contributed by atoms with van der Waals surface area (Å²) in [6, 6.07) is 6.81. The van der Waals surface area contributed by atoms with Crippen LogP contribution in [0.3, 0.4) is 0 Å². The van der Waals surface area contributed by atoms with Gasteiger partial charge in [-0.3, -0.25) is 0 Å². The first-order chi connectivity index (χ1) is 7.70. The van der Waals surface area contributed by atoms with Crippen LogP contribution >= 0.6 is 0 Å². The molecule has 1 aliphatic rings. The molecule has 1 aromatic rings. The smallest absolute Gasteiger partial charge is 0.0397 e. The maximum Gasteiger partial charge on any atom is 0.0397 e. The van der Waals surface area contributed by atoms with E-state index in [-0.39, 0.29) is 0 Å². The zero-order chi connectivity index (χ0) is 11.5. The molecule has 88 valence electrons. The van der Waals surface area contributed by atoms with E-state index in [0.29, 0.717) is 0 Å². The van der Waals surface area contributed by atoms with Gasteiger partial charge in [0.25, 0.3) is 0 Å². The zero-order valence-electron chi connectivity index (χ0n) is 10.2. The molecule has 0 spiro atoms. The highest BCUT2D eigenvalue weighted by atomic mass is 15.1. The van der Waals surface area contributed by atoms with Crippen molar-refractivity contribution in [1.29, 1.82) is 0 Å². The molecule has 1 aromatic carbocycles. The third-order valence-electron chi connectivity index (χ3n) is 3.24. The Kier molecular flexibility index (Phi) is 3.46. The summed E-state index contributed by atoms with van der Waals surface area (Å²) in [6.45, 7) is 3.83. The quantitative estimate of drug-likeness (QED) is 0.822. The molecule has 16 heavy (non-hydrogen) atoms. The van der Waals surface area contributed by atoms with Crippen molar-refractivity contribution in [2.24, 2.45) is 5.73 Å². The Morgan fingerprint density at radius 2 is 2.25 bits per heavy atom. The number of fused-ring (bicyclic) bond motifs is 1. The fraction of sp³-hybridized carbons (Fsp3) is 0.538. The lowest BCUT2D eigenvalue weighted by molar-refractivity contribution is 0.336. The standard InChI is InChI=1S/C13H21N3/c1-15(8-6-14)10-11-3-4-13-12(9-11)5-7-16(13)2/h3-4,9H,5-8,10,14H2,1-2H3. The van der Waals surface area contributed by atoms with Gasteiger partial charge in [0.15, 0.2) is 0 Å². The molecule has 0 aliphatic carbocycles. The highest BCUT2D eigenvalue weighted by Gasteiger charge is 2.15. The average Bonchev–Trinajstić information content (AvgIpc) is 2.60. The second kappa shape index (κ2) is 4.85. The predicted molar refractivity (Wildman–Crippen MR) is 68.8 cm³/mol. The van der Waals surface area contributed by atoms with Crippen LogP contribution in [0, 0.1) is 0 Å². The Bertz CT molecular complexity index is 362. The highest BCUT2D eigenvalue weighted by Crippen LogP contribution is 2.27. The third-order valence-corrected chi connectivity index (χ3v) is 3.24. The summed E-state index contributed by atoms with van der Waals surface area (Å²) in [5.41, 5.74) is 9.82. The number of benzene rings is 1. The summed E-state index contributed by atoms with van der Waals surface area (Å²) >= 11 is 0. The minimum Gasteiger partial charge on any atom is -0.374 e.